The van der Waals surface area contributed by atoms with Crippen LogP contribution in [0.3, 0.4) is 0 Å². The molecule has 1 aromatic carbocycles. The van der Waals surface area contributed by atoms with Gasteiger partial charge in [-0.1, -0.05) is 0 Å². The molecule has 0 fully saturated rings. The molecule has 0 atom stereocenters. The van der Waals surface area contributed by atoms with Gasteiger partial charge < -0.3 is 14.9 Å². The molecule has 0 aliphatic carbocycles. The van der Waals surface area contributed by atoms with Gasteiger partial charge in [0.2, 0.25) is 0 Å². The molecule has 1 aliphatic heterocycles. The zero-order valence-corrected chi connectivity index (χ0v) is 7.23. The van der Waals surface area contributed by atoms with Crippen LogP contribution in [-0.4, -0.2) is 22.8 Å². The molecule has 2 rings (SSSR count). The normalized spacial score (nSPS) is 13.9. The first-order chi connectivity index (χ1) is 6.66. The topological polar surface area (TPSA) is 66.8 Å². The Hall–Kier alpha value is -1.97. The summed E-state index contributed by atoms with van der Waals surface area (Å²) in [7, 11) is 0. The number of phenols is 1. The third kappa shape index (κ3) is 1.42. The Bertz CT molecular complexity index is 420. The first kappa shape index (κ1) is 8.62. The maximum absolute atomic E-state index is 10.6. The molecule has 0 saturated heterocycles. The van der Waals surface area contributed by atoms with Gasteiger partial charge in [-0.25, -0.2) is 4.79 Å². The smallest absolute Gasteiger partial charge is 0.335 e. The summed E-state index contributed by atoms with van der Waals surface area (Å²) in [6.45, 7) is 0.0626. The van der Waals surface area contributed by atoms with E-state index in [1.54, 1.807) is 6.07 Å². The van der Waals surface area contributed by atoms with E-state index in [2.05, 4.69) is 0 Å². The van der Waals surface area contributed by atoms with Crippen molar-refractivity contribution in [3.05, 3.63) is 29.3 Å². The highest BCUT2D eigenvalue weighted by molar-refractivity contribution is 5.93. The van der Waals surface area contributed by atoms with Crippen LogP contribution in [0.25, 0.3) is 6.08 Å². The quantitative estimate of drug-likeness (QED) is 0.702. The van der Waals surface area contributed by atoms with Gasteiger partial charge in [-0.2, -0.15) is 0 Å². The number of hydrogen-bond acceptors (Lipinski definition) is 3. The number of carboxylic acid groups (broad SMARTS) is 1. The molecule has 0 aromatic heterocycles. The molecule has 0 spiro atoms. The van der Waals surface area contributed by atoms with E-state index in [-0.39, 0.29) is 17.9 Å². The number of aliphatic carboxylic acids is 1. The van der Waals surface area contributed by atoms with E-state index in [1.165, 1.54) is 18.2 Å². The van der Waals surface area contributed by atoms with Crippen molar-refractivity contribution in [2.24, 2.45) is 0 Å². The van der Waals surface area contributed by atoms with Crippen LogP contribution in [0, 0.1) is 0 Å². The van der Waals surface area contributed by atoms with E-state index in [9.17, 15) is 9.90 Å². The van der Waals surface area contributed by atoms with Crippen molar-refractivity contribution in [3.8, 4) is 11.5 Å². The van der Waals surface area contributed by atoms with Gasteiger partial charge in [0.05, 0.1) is 5.57 Å². The number of rotatable bonds is 1. The summed E-state index contributed by atoms with van der Waals surface area (Å²) in [6, 6.07) is 4.58. The van der Waals surface area contributed by atoms with Crippen LogP contribution in [-0.2, 0) is 4.79 Å². The molecule has 4 nitrogen and oxygen atoms in total. The van der Waals surface area contributed by atoms with E-state index in [0.717, 1.165) is 0 Å². The number of carboxylic acids is 1. The predicted octanol–water partition coefficient (Wildman–Crippen LogP) is 1.25. The highest BCUT2D eigenvalue weighted by Gasteiger charge is 2.16. The van der Waals surface area contributed by atoms with Crippen LogP contribution >= 0.6 is 0 Å². The summed E-state index contributed by atoms with van der Waals surface area (Å²) in [4.78, 5) is 10.6. The van der Waals surface area contributed by atoms with E-state index in [4.69, 9.17) is 9.84 Å². The minimum atomic E-state index is -1.00. The number of benzene rings is 1. The highest BCUT2D eigenvalue weighted by Crippen LogP contribution is 2.29. The zero-order chi connectivity index (χ0) is 10.1. The summed E-state index contributed by atoms with van der Waals surface area (Å²) in [5.74, 6) is -0.318. The average Bonchev–Trinajstić information content (AvgIpc) is 2.16. The average molecular weight is 192 g/mol. The number of phenolic OH excluding ortho intramolecular Hbond substituents is 1. The van der Waals surface area contributed by atoms with Gasteiger partial charge in [-0.3, -0.25) is 0 Å². The summed E-state index contributed by atoms with van der Waals surface area (Å²) in [6.07, 6.45) is 1.50. The second-order valence-electron chi connectivity index (χ2n) is 2.99. The molecule has 72 valence electrons. The fourth-order valence-electron chi connectivity index (χ4n) is 1.29. The van der Waals surface area contributed by atoms with E-state index < -0.39 is 5.97 Å². The molecule has 1 aromatic rings. The van der Waals surface area contributed by atoms with Crippen molar-refractivity contribution in [2.45, 2.75) is 0 Å². The van der Waals surface area contributed by atoms with Crippen LogP contribution in [0.2, 0.25) is 0 Å². The first-order valence-corrected chi connectivity index (χ1v) is 4.06. The SMILES string of the molecule is O=C(O)C1=Cc2cc(O)ccc2OC1. The fourth-order valence-corrected chi connectivity index (χ4v) is 1.29. The van der Waals surface area contributed by atoms with Gasteiger partial charge in [0, 0.05) is 5.56 Å². The van der Waals surface area contributed by atoms with Gasteiger partial charge in [0.1, 0.15) is 18.1 Å². The summed E-state index contributed by atoms with van der Waals surface area (Å²) in [5.41, 5.74) is 0.775. The molecular weight excluding hydrogens is 184 g/mol. The number of hydrogen-bond donors (Lipinski definition) is 2. The molecule has 4 heteroatoms. The standard InChI is InChI=1S/C10H8O4/c11-8-1-2-9-6(4-8)3-7(5-14-9)10(12)13/h1-4,11H,5H2,(H,12,13). The van der Waals surface area contributed by atoms with Crippen molar-refractivity contribution < 1.29 is 19.7 Å². The Morgan fingerprint density at radius 2 is 2.21 bits per heavy atom. The predicted molar refractivity (Wildman–Crippen MR) is 49.2 cm³/mol. The maximum atomic E-state index is 10.6. The van der Waals surface area contributed by atoms with E-state index in [0.29, 0.717) is 11.3 Å². The van der Waals surface area contributed by atoms with Crippen molar-refractivity contribution in [2.75, 3.05) is 6.61 Å². The van der Waals surface area contributed by atoms with E-state index in [1.807, 2.05) is 0 Å². The Balaban J connectivity index is 2.47. The van der Waals surface area contributed by atoms with Crippen LogP contribution in [0.15, 0.2) is 23.8 Å². The molecule has 2 N–H and O–H groups in total. The molecule has 0 bridgehead atoms. The summed E-state index contributed by atoms with van der Waals surface area (Å²) < 4.78 is 5.19. The number of carbonyl (C=O) groups is 1. The number of aromatic hydroxyl groups is 1. The number of fused-ring (bicyclic) bond motifs is 1. The minimum Gasteiger partial charge on any atom is -0.508 e. The largest absolute Gasteiger partial charge is 0.508 e. The summed E-state index contributed by atoms with van der Waals surface area (Å²) >= 11 is 0. The minimum absolute atomic E-state index is 0.0626. The number of ether oxygens (including phenoxy) is 1. The second-order valence-corrected chi connectivity index (χ2v) is 2.99. The third-order valence-corrected chi connectivity index (χ3v) is 1.98. The van der Waals surface area contributed by atoms with Crippen LogP contribution < -0.4 is 4.74 Å². The maximum Gasteiger partial charge on any atom is 0.335 e. The lowest BCUT2D eigenvalue weighted by atomic mass is 10.1. The molecule has 1 aliphatic rings. The molecule has 0 amide bonds. The highest BCUT2D eigenvalue weighted by atomic mass is 16.5. The summed E-state index contributed by atoms with van der Waals surface area (Å²) in [5, 5.41) is 17.9. The molecule has 0 unspecified atom stereocenters. The molecule has 1 heterocycles. The van der Waals surface area contributed by atoms with Gasteiger partial charge in [0.25, 0.3) is 0 Å². The van der Waals surface area contributed by atoms with Crippen LogP contribution in [0.4, 0.5) is 0 Å². The zero-order valence-electron chi connectivity index (χ0n) is 7.23. The van der Waals surface area contributed by atoms with Gasteiger partial charge in [-0.15, -0.1) is 0 Å². The first-order valence-electron chi connectivity index (χ1n) is 4.06. The van der Waals surface area contributed by atoms with Crippen molar-refractivity contribution in [1.29, 1.82) is 0 Å². The lowest BCUT2D eigenvalue weighted by Gasteiger charge is -2.15. The third-order valence-electron chi connectivity index (χ3n) is 1.98. The van der Waals surface area contributed by atoms with Gasteiger partial charge in [0.15, 0.2) is 0 Å². The molecule has 0 radical (unpaired) electrons. The Morgan fingerprint density at radius 3 is 2.93 bits per heavy atom. The van der Waals surface area contributed by atoms with Crippen LogP contribution in [0.1, 0.15) is 5.56 Å². The van der Waals surface area contributed by atoms with Crippen molar-refractivity contribution in [3.63, 3.8) is 0 Å². The molecule has 0 saturated carbocycles. The van der Waals surface area contributed by atoms with E-state index >= 15 is 0 Å². The second kappa shape index (κ2) is 3.06. The Kier molecular flexibility index (Phi) is 1.89. The van der Waals surface area contributed by atoms with Gasteiger partial charge >= 0.3 is 5.97 Å². The van der Waals surface area contributed by atoms with Gasteiger partial charge in [-0.05, 0) is 24.3 Å². The lowest BCUT2D eigenvalue weighted by Crippen LogP contribution is -2.13. The van der Waals surface area contributed by atoms with Crippen molar-refractivity contribution >= 4 is 12.0 Å². The fraction of sp³-hybridized carbons (Fsp3) is 0.100. The Morgan fingerprint density at radius 1 is 1.43 bits per heavy atom. The Labute approximate surface area is 80.1 Å². The molecule has 14 heavy (non-hydrogen) atoms. The lowest BCUT2D eigenvalue weighted by molar-refractivity contribution is -0.132. The van der Waals surface area contributed by atoms with Crippen LogP contribution in [0.5, 0.6) is 11.5 Å². The van der Waals surface area contributed by atoms with Crippen molar-refractivity contribution in [1.82, 2.24) is 0 Å². The molecular formula is C10H8O4. The monoisotopic (exact) mass is 192 g/mol.